The lowest BCUT2D eigenvalue weighted by molar-refractivity contribution is 0.587. The average molecular weight is 190 g/mol. The van der Waals surface area contributed by atoms with Crippen molar-refractivity contribution in [3.8, 4) is 0 Å². The molecule has 78 valence electrons. The molecular weight excluding hydrogens is 168 g/mol. The second-order valence-corrected chi connectivity index (χ2v) is 3.94. The minimum atomic E-state index is 0.787. The van der Waals surface area contributed by atoms with Gasteiger partial charge in [-0.2, -0.15) is 0 Å². The zero-order chi connectivity index (χ0) is 10.6. The third-order valence-electron chi connectivity index (χ3n) is 2.99. The van der Waals surface area contributed by atoms with E-state index in [2.05, 4.69) is 32.0 Å². The van der Waals surface area contributed by atoms with Gasteiger partial charge in [-0.15, -0.1) is 0 Å². The summed E-state index contributed by atoms with van der Waals surface area (Å²) in [6, 6.07) is 6.71. The van der Waals surface area contributed by atoms with Gasteiger partial charge in [0.25, 0.3) is 0 Å². The molecule has 0 spiro atoms. The van der Waals surface area contributed by atoms with Crippen LogP contribution in [0.15, 0.2) is 18.2 Å². The minimum absolute atomic E-state index is 0.787. The van der Waals surface area contributed by atoms with Crippen LogP contribution in [0.3, 0.4) is 0 Å². The highest BCUT2D eigenvalue weighted by atomic mass is 14.2. The summed E-state index contributed by atoms with van der Waals surface area (Å²) in [6.07, 6.45) is 4.04. The molecule has 14 heavy (non-hydrogen) atoms. The van der Waals surface area contributed by atoms with Crippen LogP contribution in [0.25, 0.3) is 0 Å². The van der Waals surface area contributed by atoms with Crippen molar-refractivity contribution in [3.05, 3.63) is 34.9 Å². The van der Waals surface area contributed by atoms with E-state index in [0.29, 0.717) is 0 Å². The molecule has 0 heteroatoms. The number of benzene rings is 1. The van der Waals surface area contributed by atoms with E-state index in [1.54, 1.807) is 11.1 Å². The summed E-state index contributed by atoms with van der Waals surface area (Å²) in [5.74, 6) is 0.787. The van der Waals surface area contributed by atoms with Gasteiger partial charge < -0.3 is 0 Å². The van der Waals surface area contributed by atoms with Crippen molar-refractivity contribution in [1.29, 1.82) is 0 Å². The van der Waals surface area contributed by atoms with Crippen LogP contribution >= 0.6 is 0 Å². The maximum Gasteiger partial charge on any atom is -0.0185 e. The molecule has 0 saturated heterocycles. The fourth-order valence-electron chi connectivity index (χ4n) is 2.41. The van der Waals surface area contributed by atoms with Crippen molar-refractivity contribution in [2.24, 2.45) is 0 Å². The molecule has 1 aliphatic rings. The van der Waals surface area contributed by atoms with Crippen LogP contribution in [-0.2, 0) is 6.42 Å². The summed E-state index contributed by atoms with van der Waals surface area (Å²) in [5.41, 5.74) is 4.71. The number of rotatable bonds is 0. The Hall–Kier alpha value is -0.780. The normalized spacial score (nSPS) is 19.3. The molecule has 1 aliphatic carbocycles. The van der Waals surface area contributed by atoms with E-state index in [9.17, 15) is 0 Å². The van der Waals surface area contributed by atoms with Crippen LogP contribution in [0.4, 0.5) is 0 Å². The largest absolute Gasteiger partial charge is 0.0683 e. The molecule has 0 fully saturated rings. The van der Waals surface area contributed by atoms with Gasteiger partial charge in [0.05, 0.1) is 0 Å². The monoisotopic (exact) mass is 190 g/mol. The summed E-state index contributed by atoms with van der Waals surface area (Å²) >= 11 is 0. The van der Waals surface area contributed by atoms with Crippen LogP contribution < -0.4 is 0 Å². The molecule has 1 aromatic carbocycles. The first kappa shape index (κ1) is 11.3. The highest BCUT2D eigenvalue weighted by Gasteiger charge is 2.17. The van der Waals surface area contributed by atoms with Crippen molar-refractivity contribution in [2.45, 2.75) is 52.9 Å². The van der Waals surface area contributed by atoms with Gasteiger partial charge in [0.1, 0.15) is 0 Å². The van der Waals surface area contributed by atoms with E-state index >= 15 is 0 Å². The van der Waals surface area contributed by atoms with Gasteiger partial charge >= 0.3 is 0 Å². The summed E-state index contributed by atoms with van der Waals surface area (Å²) in [6.45, 7) is 8.59. The third-order valence-corrected chi connectivity index (χ3v) is 2.99. The van der Waals surface area contributed by atoms with Gasteiger partial charge in [0.2, 0.25) is 0 Å². The highest BCUT2D eigenvalue weighted by molar-refractivity contribution is 5.38. The van der Waals surface area contributed by atoms with Crippen LogP contribution in [0.1, 0.15) is 56.2 Å². The minimum Gasteiger partial charge on any atom is -0.0683 e. The maximum absolute atomic E-state index is 2.35. The Kier molecular flexibility index (Phi) is 4.19. The van der Waals surface area contributed by atoms with Gasteiger partial charge in [0, 0.05) is 0 Å². The smallest absolute Gasteiger partial charge is 0.0185 e. The Balaban J connectivity index is 0.000000461. The Morgan fingerprint density at radius 2 is 1.93 bits per heavy atom. The Morgan fingerprint density at radius 1 is 1.21 bits per heavy atom. The van der Waals surface area contributed by atoms with Gasteiger partial charge in [-0.3, -0.25) is 0 Å². The lowest BCUT2D eigenvalue weighted by atomic mass is 9.82. The van der Waals surface area contributed by atoms with Gasteiger partial charge in [0.15, 0.2) is 0 Å². The molecule has 0 amide bonds. The molecule has 0 aromatic heterocycles. The fourth-order valence-corrected chi connectivity index (χ4v) is 2.41. The molecule has 0 heterocycles. The van der Waals surface area contributed by atoms with E-state index in [1.807, 2.05) is 13.8 Å². The van der Waals surface area contributed by atoms with Crippen molar-refractivity contribution in [2.75, 3.05) is 0 Å². The molecule has 1 aromatic rings. The van der Waals surface area contributed by atoms with Crippen molar-refractivity contribution >= 4 is 0 Å². The first-order chi connectivity index (χ1) is 6.79. The molecular formula is C14H22. The maximum atomic E-state index is 2.35. The third kappa shape index (κ3) is 2.17. The first-order valence-electron chi connectivity index (χ1n) is 5.87. The highest BCUT2D eigenvalue weighted by Crippen LogP contribution is 2.32. The van der Waals surface area contributed by atoms with Gasteiger partial charge in [-0.05, 0) is 48.8 Å². The predicted molar refractivity (Wildman–Crippen MR) is 63.9 cm³/mol. The van der Waals surface area contributed by atoms with E-state index in [1.165, 1.54) is 24.8 Å². The van der Waals surface area contributed by atoms with E-state index in [4.69, 9.17) is 0 Å². The van der Waals surface area contributed by atoms with Crippen LogP contribution in [0, 0.1) is 6.92 Å². The quantitative estimate of drug-likeness (QED) is 0.566. The zero-order valence-electron chi connectivity index (χ0n) is 9.93. The lowest BCUT2D eigenvalue weighted by Gasteiger charge is -2.24. The van der Waals surface area contributed by atoms with Gasteiger partial charge in [-0.1, -0.05) is 39.0 Å². The average Bonchev–Trinajstić information content (AvgIpc) is 2.21. The fraction of sp³-hybridized carbons (Fsp3) is 0.571. The molecule has 0 saturated carbocycles. The van der Waals surface area contributed by atoms with Gasteiger partial charge in [-0.25, -0.2) is 0 Å². The van der Waals surface area contributed by atoms with Crippen LogP contribution in [0.5, 0.6) is 0 Å². The van der Waals surface area contributed by atoms with Crippen LogP contribution in [-0.4, -0.2) is 0 Å². The van der Waals surface area contributed by atoms with Crippen molar-refractivity contribution < 1.29 is 0 Å². The Morgan fingerprint density at radius 3 is 2.57 bits per heavy atom. The molecule has 1 atom stereocenters. The molecule has 0 bridgehead atoms. The molecule has 2 rings (SSSR count). The van der Waals surface area contributed by atoms with E-state index in [0.717, 1.165) is 5.92 Å². The Bertz CT molecular complexity index is 286. The summed E-state index contributed by atoms with van der Waals surface area (Å²) in [5, 5.41) is 0. The standard InChI is InChI=1S/C12H16.C2H6/c1-9-5-3-7-11-8-4-6-10(2)12(9)11;1-2/h3,5,7,10H,4,6,8H2,1-2H3;1-2H3. The summed E-state index contributed by atoms with van der Waals surface area (Å²) < 4.78 is 0. The summed E-state index contributed by atoms with van der Waals surface area (Å²) in [7, 11) is 0. The second kappa shape index (κ2) is 5.19. The second-order valence-electron chi connectivity index (χ2n) is 3.94. The Labute approximate surface area is 88.4 Å². The van der Waals surface area contributed by atoms with E-state index < -0.39 is 0 Å². The van der Waals surface area contributed by atoms with Crippen molar-refractivity contribution in [1.82, 2.24) is 0 Å². The number of hydrogen-bond acceptors (Lipinski definition) is 0. The summed E-state index contributed by atoms with van der Waals surface area (Å²) in [4.78, 5) is 0. The van der Waals surface area contributed by atoms with Crippen LogP contribution in [0.2, 0.25) is 0 Å². The van der Waals surface area contributed by atoms with E-state index in [-0.39, 0.29) is 0 Å². The number of fused-ring (bicyclic) bond motifs is 1. The predicted octanol–water partition coefficient (Wildman–Crippen LogP) is 4.46. The molecule has 1 unspecified atom stereocenters. The topological polar surface area (TPSA) is 0 Å². The number of hydrogen-bond donors (Lipinski definition) is 0. The number of aryl methyl sites for hydroxylation is 2. The van der Waals surface area contributed by atoms with Crippen molar-refractivity contribution in [3.63, 3.8) is 0 Å². The zero-order valence-corrected chi connectivity index (χ0v) is 9.93. The SMILES string of the molecule is CC.Cc1cccc2c1C(C)CCC2. The molecule has 0 aliphatic heterocycles. The molecule has 0 nitrogen and oxygen atoms in total. The molecule has 0 radical (unpaired) electrons. The molecule has 0 N–H and O–H groups in total. The first-order valence-corrected chi connectivity index (χ1v) is 5.87. The lowest BCUT2D eigenvalue weighted by Crippen LogP contribution is -2.08.